The minimum absolute atomic E-state index is 0. The van der Waals surface area contributed by atoms with E-state index in [2.05, 4.69) is 0 Å². The zero-order chi connectivity index (χ0) is 10.7. The molecule has 0 aliphatic carbocycles. The van der Waals surface area contributed by atoms with Crippen molar-refractivity contribution in [3.63, 3.8) is 0 Å². The summed E-state index contributed by atoms with van der Waals surface area (Å²) in [6.45, 7) is 0. The van der Waals surface area contributed by atoms with Crippen LogP contribution >= 0.6 is 0 Å². The van der Waals surface area contributed by atoms with Gasteiger partial charge in [-0.1, -0.05) is 0 Å². The molecule has 0 fully saturated rings. The van der Waals surface area contributed by atoms with Crippen LogP contribution in [0.3, 0.4) is 0 Å². The van der Waals surface area contributed by atoms with Crippen molar-refractivity contribution in [2.45, 2.75) is 0 Å². The summed E-state index contributed by atoms with van der Waals surface area (Å²) in [5, 5.41) is 0. The monoisotopic (exact) mass is 376 g/mol. The molecule has 0 amide bonds. The van der Waals surface area contributed by atoms with Crippen LogP contribution < -0.4 is 59.1 Å². The molecule has 0 aromatic heterocycles. The van der Waals surface area contributed by atoms with Crippen LogP contribution in [0.2, 0.25) is 0 Å². The van der Waals surface area contributed by atoms with E-state index in [1.807, 2.05) is 0 Å². The number of hydrogen-bond donors (Lipinski definition) is 0. The molecule has 0 aromatic carbocycles. The van der Waals surface area contributed by atoms with E-state index in [0.29, 0.717) is 0 Å². The van der Waals surface area contributed by atoms with Crippen molar-refractivity contribution in [3.05, 3.63) is 0 Å². The number of hydrogen-bond acceptors (Lipinski definition) is 9. The molecule has 0 rings (SSSR count). The molecule has 0 saturated carbocycles. The summed E-state index contributed by atoms with van der Waals surface area (Å²) in [6.07, 6.45) is 0. The first-order chi connectivity index (χ1) is 5.20. The average molecular weight is 377 g/mol. The second-order valence-corrected chi connectivity index (χ2v) is 1.84. The van der Waals surface area contributed by atoms with Crippen LogP contribution in [0.15, 0.2) is 0 Å². The topological polar surface area (TPSA) is 190 Å². The van der Waals surface area contributed by atoms with Gasteiger partial charge in [-0.15, -0.1) is 34.1 Å². The van der Waals surface area contributed by atoms with Crippen LogP contribution in [0.25, 0.3) is 0 Å². The molecule has 15 heteroatoms. The first-order valence-corrected chi connectivity index (χ1v) is 4.50. The van der Waals surface area contributed by atoms with Crippen LogP contribution in [0, 0.1) is 0 Å². The van der Waals surface area contributed by atoms with Gasteiger partial charge in [0.25, 0.3) is 0 Å². The van der Waals surface area contributed by atoms with Crippen LogP contribution in [-0.2, 0) is 60.3 Å². The fourth-order valence-electron chi connectivity index (χ4n) is 0. The first kappa shape index (κ1) is 36.1. The Hall–Kier alpha value is 3.09. The molecule has 0 spiro atoms. The van der Waals surface area contributed by atoms with Gasteiger partial charge in [0.05, 0.1) is 0 Å². The summed E-state index contributed by atoms with van der Waals surface area (Å²) in [5.74, 6) is 0. The Morgan fingerprint density at radius 1 is 0.533 bits per heavy atom. The van der Waals surface area contributed by atoms with Crippen molar-refractivity contribution >= 4 is 34.1 Å². The van der Waals surface area contributed by atoms with E-state index in [9.17, 15) is 0 Å². The maximum atomic E-state index is 8.44. The van der Waals surface area contributed by atoms with Crippen molar-refractivity contribution in [1.82, 2.24) is 0 Å². The first-order valence-electron chi connectivity index (χ1n) is 1.50. The van der Waals surface area contributed by atoms with Gasteiger partial charge in [-0.2, -0.15) is 0 Å². The molecule has 0 atom stereocenters. The number of rotatable bonds is 0. The minimum atomic E-state index is -3.11. The maximum Gasteiger partial charge on any atom is 4.00 e. The van der Waals surface area contributed by atoms with E-state index in [1.54, 1.807) is 0 Å². The zero-order valence-corrected chi connectivity index (χ0v) is 16.3. The van der Waals surface area contributed by atoms with Gasteiger partial charge < -0.3 is 27.3 Å². The summed E-state index contributed by atoms with van der Waals surface area (Å²) in [5.41, 5.74) is 0. The third-order valence-electron chi connectivity index (χ3n) is 0. The van der Waals surface area contributed by atoms with Crippen LogP contribution in [-0.4, -0.2) is 39.9 Å². The Kier molecular flexibility index (Phi) is 72.9. The third-order valence-corrected chi connectivity index (χ3v) is 0. The van der Waals surface area contributed by atoms with Gasteiger partial charge >= 0.3 is 85.3 Å². The van der Waals surface area contributed by atoms with Gasteiger partial charge in [-0.05, 0) is 0 Å². The zero-order valence-electron chi connectivity index (χ0n) is 7.40. The van der Waals surface area contributed by atoms with E-state index >= 15 is 0 Å². The summed E-state index contributed by atoms with van der Waals surface area (Å²) >= 11 is -9.33. The van der Waals surface area contributed by atoms with E-state index in [4.69, 9.17) is 39.9 Å². The van der Waals surface area contributed by atoms with E-state index < -0.39 is 34.1 Å². The smallest absolute Gasteiger partial charge is 0.784 e. The summed E-state index contributed by atoms with van der Waals surface area (Å²) in [7, 11) is 0. The second-order valence-electron chi connectivity index (χ2n) is 0.612. The van der Waals surface area contributed by atoms with Crippen molar-refractivity contribution in [2.24, 2.45) is 0 Å². The molecule has 0 aliphatic heterocycles. The Balaban J connectivity index is -0.0000000184. The van der Waals surface area contributed by atoms with Crippen molar-refractivity contribution < 1.29 is 125 Å². The molecule has 0 N–H and O–H groups in total. The molecule has 0 aromatic rings. The molecule has 0 heterocycles. The van der Waals surface area contributed by atoms with Gasteiger partial charge in [-0.3, -0.25) is 12.6 Å². The summed E-state index contributed by atoms with van der Waals surface area (Å²) < 4.78 is 76.0. The quantitative estimate of drug-likeness (QED) is 0.291. The van der Waals surface area contributed by atoms with E-state index in [1.165, 1.54) is 0 Å². The molecule has 0 radical (unpaired) electrons. The standard InChI is InChI=1S/2Na.3H2O3S.Zr/c;;3*1-4(2)3;/h;;3*(H2,1,2,3);/q2*+1;;;;+4/p-6. The largest absolute Gasteiger partial charge is 4.00 e. The molecule has 9 nitrogen and oxygen atoms in total. The fraction of sp³-hybridized carbons (Fsp3) is 0. The summed E-state index contributed by atoms with van der Waals surface area (Å²) in [6, 6.07) is 0. The van der Waals surface area contributed by atoms with Crippen molar-refractivity contribution in [3.8, 4) is 0 Å². The molecule has 0 bridgehead atoms. The normalized spacial score (nSPS) is 7.00. The van der Waals surface area contributed by atoms with Crippen LogP contribution in [0.4, 0.5) is 0 Å². The Morgan fingerprint density at radius 3 is 0.533 bits per heavy atom. The Bertz CT molecular complexity index is 121. The van der Waals surface area contributed by atoms with Gasteiger partial charge in [0, 0.05) is 0 Å². The van der Waals surface area contributed by atoms with Crippen molar-refractivity contribution in [2.75, 3.05) is 0 Å². The predicted molar refractivity (Wildman–Crippen MR) is 29.1 cm³/mol. The minimum Gasteiger partial charge on any atom is -0.784 e. The maximum absolute atomic E-state index is 8.44. The van der Waals surface area contributed by atoms with E-state index in [0.717, 1.165) is 0 Å². The second kappa shape index (κ2) is 30.3. The van der Waals surface area contributed by atoms with Gasteiger partial charge in [-0.25, -0.2) is 0 Å². The average Bonchev–Trinajstić information content (AvgIpc) is 1.54. The molecule has 78 valence electrons. The molecular formula is Na2O9S3Zr. The molecule has 0 aliphatic rings. The van der Waals surface area contributed by atoms with Crippen molar-refractivity contribution in [1.29, 1.82) is 0 Å². The molecule has 15 heavy (non-hydrogen) atoms. The van der Waals surface area contributed by atoms with Crippen LogP contribution in [0.5, 0.6) is 0 Å². The van der Waals surface area contributed by atoms with Gasteiger partial charge in [0.1, 0.15) is 0 Å². The Morgan fingerprint density at radius 2 is 0.533 bits per heavy atom. The fourth-order valence-corrected chi connectivity index (χ4v) is 0. The molecule has 0 unspecified atom stereocenters. The SMILES string of the molecule is O=S([O-])[O-].O=S([O-])[O-].O=S([O-])[O-].[Na+].[Na+].[Zr+4]. The predicted octanol–water partition coefficient (Wildman–Crippen LogP) is -9.01. The van der Waals surface area contributed by atoms with E-state index in [-0.39, 0.29) is 85.3 Å². The molecule has 0 saturated heterocycles. The summed E-state index contributed by atoms with van der Waals surface area (Å²) in [4.78, 5) is 0. The Labute approximate surface area is 157 Å². The van der Waals surface area contributed by atoms with Crippen LogP contribution in [0.1, 0.15) is 0 Å². The molecular weight excluding hydrogens is 377 g/mol. The third kappa shape index (κ3) is 407. The van der Waals surface area contributed by atoms with Gasteiger partial charge in [0.2, 0.25) is 0 Å². The van der Waals surface area contributed by atoms with Gasteiger partial charge in [0.15, 0.2) is 0 Å².